The van der Waals surface area contributed by atoms with Gasteiger partial charge >= 0.3 is 19.8 Å². The summed E-state index contributed by atoms with van der Waals surface area (Å²) in [7, 11) is -4.40. The van der Waals surface area contributed by atoms with Crippen molar-refractivity contribution in [1.29, 1.82) is 0 Å². The lowest BCUT2D eigenvalue weighted by Gasteiger charge is -2.19. The van der Waals surface area contributed by atoms with Gasteiger partial charge in [-0.2, -0.15) is 0 Å². The molecular formula is C93H158NO8P. The monoisotopic (exact) mass is 1450 g/mol. The van der Waals surface area contributed by atoms with E-state index in [4.69, 9.17) is 24.3 Å². The van der Waals surface area contributed by atoms with Gasteiger partial charge in [-0.3, -0.25) is 18.6 Å². The van der Waals surface area contributed by atoms with Crippen LogP contribution >= 0.6 is 7.82 Å². The van der Waals surface area contributed by atoms with Crippen molar-refractivity contribution in [3.05, 3.63) is 170 Å². The fourth-order valence-corrected chi connectivity index (χ4v) is 12.7. The number of ether oxygens (including phenoxy) is 2. The zero-order chi connectivity index (χ0) is 74.3. The molecular weight excluding hydrogens is 1290 g/mol. The van der Waals surface area contributed by atoms with Crippen LogP contribution in [-0.4, -0.2) is 49.3 Å². The van der Waals surface area contributed by atoms with Gasteiger partial charge in [0.25, 0.3) is 0 Å². The van der Waals surface area contributed by atoms with Crippen molar-refractivity contribution in [3.63, 3.8) is 0 Å². The van der Waals surface area contributed by atoms with E-state index < -0.39 is 26.5 Å². The maximum atomic E-state index is 12.8. The molecule has 10 heteroatoms. The van der Waals surface area contributed by atoms with Crippen molar-refractivity contribution in [2.24, 2.45) is 5.73 Å². The summed E-state index contributed by atoms with van der Waals surface area (Å²) < 4.78 is 33.3. The van der Waals surface area contributed by atoms with Gasteiger partial charge in [0.2, 0.25) is 0 Å². The molecule has 0 heterocycles. The molecule has 2 unspecified atom stereocenters. The standard InChI is InChI=1S/C93H158NO8P/c1-3-5-7-9-11-13-15-17-19-21-23-25-27-29-31-33-35-37-39-41-43-45-47-49-51-53-55-57-59-61-63-65-67-69-71-73-75-77-79-81-83-85-92(95)99-89-91(90-101-103(97,98)100-88-87-94)102-93(96)86-84-82-80-78-76-74-72-70-68-66-64-62-60-58-56-54-52-50-48-46-44-42-40-38-36-34-32-30-28-26-24-22-20-18-16-14-12-10-8-6-4-2/h5-8,11-14,17-20,23-26,29-32,35-38,41-44,91H,3-4,9-10,15-16,21-22,27-28,33-34,39-40,45-90,94H2,1-2H3,(H,97,98)/b7-5-,8-6-,13-11-,14-12-,19-17-,20-18-,25-23-,26-24-,31-29-,32-30-,37-35-,38-36-,43-41-,44-42-. The summed E-state index contributed by atoms with van der Waals surface area (Å²) in [5.41, 5.74) is 5.42. The van der Waals surface area contributed by atoms with E-state index in [1.165, 1.54) is 212 Å². The predicted molar refractivity (Wildman–Crippen MR) is 449 cm³/mol. The topological polar surface area (TPSA) is 134 Å². The van der Waals surface area contributed by atoms with Gasteiger partial charge < -0.3 is 20.1 Å². The lowest BCUT2D eigenvalue weighted by molar-refractivity contribution is -0.161. The van der Waals surface area contributed by atoms with Gasteiger partial charge in [-0.05, 0) is 128 Å². The highest BCUT2D eigenvalue weighted by Crippen LogP contribution is 2.43. The van der Waals surface area contributed by atoms with E-state index in [9.17, 15) is 19.0 Å². The van der Waals surface area contributed by atoms with Gasteiger partial charge in [0.15, 0.2) is 6.10 Å². The van der Waals surface area contributed by atoms with Crippen molar-refractivity contribution in [2.45, 2.75) is 380 Å². The van der Waals surface area contributed by atoms with Crippen molar-refractivity contribution in [1.82, 2.24) is 0 Å². The van der Waals surface area contributed by atoms with Gasteiger partial charge in [0.05, 0.1) is 13.2 Å². The van der Waals surface area contributed by atoms with Crippen LogP contribution in [0.15, 0.2) is 170 Å². The smallest absolute Gasteiger partial charge is 0.462 e. The molecule has 9 nitrogen and oxygen atoms in total. The molecule has 0 radical (unpaired) electrons. The van der Waals surface area contributed by atoms with E-state index in [0.29, 0.717) is 6.42 Å². The van der Waals surface area contributed by atoms with Gasteiger partial charge in [-0.25, -0.2) is 4.57 Å². The van der Waals surface area contributed by atoms with Crippen LogP contribution in [0.2, 0.25) is 0 Å². The highest BCUT2D eigenvalue weighted by Gasteiger charge is 2.26. The Morgan fingerprint density at radius 2 is 0.505 bits per heavy atom. The number of carbonyl (C=O) groups excluding carboxylic acids is 2. The zero-order valence-electron chi connectivity index (χ0n) is 66.5. The summed E-state index contributed by atoms with van der Waals surface area (Å²) in [5.74, 6) is -0.816. The summed E-state index contributed by atoms with van der Waals surface area (Å²) in [6.07, 6.45) is 128. The average Bonchev–Trinajstić information content (AvgIpc) is 1.08. The number of phosphoric acid groups is 1. The summed E-state index contributed by atoms with van der Waals surface area (Å²) in [5, 5.41) is 0. The fourth-order valence-electron chi connectivity index (χ4n) is 11.9. The molecule has 3 N–H and O–H groups in total. The fraction of sp³-hybridized carbons (Fsp3) is 0.677. The third kappa shape index (κ3) is 86.2. The molecule has 0 aromatic heterocycles. The summed E-state index contributed by atoms with van der Waals surface area (Å²) in [6, 6.07) is 0. The minimum atomic E-state index is -4.40. The molecule has 103 heavy (non-hydrogen) atoms. The number of phosphoric ester groups is 1. The van der Waals surface area contributed by atoms with Gasteiger partial charge in [-0.15, -0.1) is 0 Å². The lowest BCUT2D eigenvalue weighted by Crippen LogP contribution is -2.29. The van der Waals surface area contributed by atoms with Crippen LogP contribution in [0.4, 0.5) is 0 Å². The molecule has 0 fully saturated rings. The number of allylic oxidation sites excluding steroid dienone is 28. The number of hydrogen-bond donors (Lipinski definition) is 2. The molecule has 0 aliphatic rings. The van der Waals surface area contributed by atoms with Gasteiger partial charge in [0, 0.05) is 19.4 Å². The minimum absolute atomic E-state index is 0.0502. The Hall–Kier alpha value is -4.63. The van der Waals surface area contributed by atoms with Crippen molar-refractivity contribution in [2.75, 3.05) is 26.4 Å². The van der Waals surface area contributed by atoms with Crippen LogP contribution in [0, 0.1) is 0 Å². The second-order valence-corrected chi connectivity index (χ2v) is 29.4. The molecule has 0 saturated carbocycles. The molecule has 0 aromatic rings. The minimum Gasteiger partial charge on any atom is -0.462 e. The molecule has 2 atom stereocenters. The van der Waals surface area contributed by atoms with E-state index in [0.717, 1.165) is 128 Å². The zero-order valence-corrected chi connectivity index (χ0v) is 67.4. The molecule has 0 rings (SSSR count). The van der Waals surface area contributed by atoms with Crippen LogP contribution in [0.1, 0.15) is 373 Å². The van der Waals surface area contributed by atoms with Gasteiger partial charge in [0.1, 0.15) is 6.61 Å². The first-order valence-corrected chi connectivity index (χ1v) is 44.1. The predicted octanol–water partition coefficient (Wildman–Crippen LogP) is 29.2. The Bertz CT molecular complexity index is 2310. The Morgan fingerprint density at radius 3 is 0.748 bits per heavy atom. The molecule has 0 aliphatic heterocycles. The lowest BCUT2D eigenvalue weighted by atomic mass is 10.0. The van der Waals surface area contributed by atoms with Crippen LogP contribution < -0.4 is 5.73 Å². The van der Waals surface area contributed by atoms with E-state index in [1.807, 2.05) is 0 Å². The molecule has 0 aliphatic carbocycles. The quantitative estimate of drug-likeness (QED) is 0.0264. The first-order valence-electron chi connectivity index (χ1n) is 42.6. The van der Waals surface area contributed by atoms with Crippen LogP contribution in [-0.2, 0) is 32.7 Å². The van der Waals surface area contributed by atoms with E-state index in [1.54, 1.807) is 0 Å². The van der Waals surface area contributed by atoms with Crippen LogP contribution in [0.5, 0.6) is 0 Å². The first-order chi connectivity index (χ1) is 50.8. The first kappa shape index (κ1) is 98.4. The van der Waals surface area contributed by atoms with Crippen molar-refractivity contribution < 1.29 is 37.6 Å². The molecule has 588 valence electrons. The van der Waals surface area contributed by atoms with Crippen molar-refractivity contribution >= 4 is 19.8 Å². The number of nitrogens with two attached hydrogens (primary N) is 1. The number of rotatable bonds is 79. The third-order valence-electron chi connectivity index (χ3n) is 18.1. The van der Waals surface area contributed by atoms with Crippen LogP contribution in [0.3, 0.4) is 0 Å². The van der Waals surface area contributed by atoms with Crippen molar-refractivity contribution in [3.8, 4) is 0 Å². The van der Waals surface area contributed by atoms with E-state index in [2.05, 4.69) is 184 Å². The largest absolute Gasteiger partial charge is 0.472 e. The van der Waals surface area contributed by atoms with E-state index >= 15 is 0 Å². The second-order valence-electron chi connectivity index (χ2n) is 27.9. The number of hydrogen-bond acceptors (Lipinski definition) is 8. The maximum Gasteiger partial charge on any atom is 0.472 e. The SMILES string of the molecule is CC/C=C\C/C=C\C/C=C\C/C=C\C/C=C\C/C=C\C/C=C\CCCCCCCCCCCCCCCCCCCCCC(=O)OCC(COP(=O)(O)OCCN)OC(=O)CCCCCCCCCCCCCCCCCCCCC/C=C\C/C=C\C/C=C\C/C=C\C/C=C\C/C=C\C/C=C\CC. The third-order valence-corrected chi connectivity index (χ3v) is 19.1. The molecule has 0 amide bonds. The molecule has 0 bridgehead atoms. The Kier molecular flexibility index (Phi) is 82.4. The Balaban J connectivity index is 3.80. The highest BCUT2D eigenvalue weighted by atomic mass is 31.2. The molecule has 0 saturated heterocycles. The second kappa shape index (κ2) is 86.3. The number of carbonyl (C=O) groups is 2. The highest BCUT2D eigenvalue weighted by molar-refractivity contribution is 7.47. The Labute approximate surface area is 635 Å². The van der Waals surface area contributed by atoms with Gasteiger partial charge in [-0.1, -0.05) is 402 Å². The summed E-state index contributed by atoms with van der Waals surface area (Å²) >= 11 is 0. The maximum absolute atomic E-state index is 12.8. The summed E-state index contributed by atoms with van der Waals surface area (Å²) in [6.45, 7) is 3.55. The molecule has 0 aromatic carbocycles. The number of unbranched alkanes of at least 4 members (excludes halogenated alkanes) is 38. The summed E-state index contributed by atoms with van der Waals surface area (Å²) in [4.78, 5) is 35.5. The van der Waals surface area contributed by atoms with E-state index in [-0.39, 0.29) is 38.6 Å². The van der Waals surface area contributed by atoms with Crippen LogP contribution in [0.25, 0.3) is 0 Å². The number of esters is 2. The normalized spacial score (nSPS) is 13.7. The average molecular weight is 1450 g/mol. The Morgan fingerprint density at radius 1 is 0.291 bits per heavy atom. The molecule has 0 spiro atoms.